The van der Waals surface area contributed by atoms with Crippen LogP contribution >= 0.6 is 15.9 Å². The number of methoxy groups -OCH3 is 1. The molecule has 0 aromatic carbocycles. The topological polar surface area (TPSA) is 64.1 Å². The second-order valence-electron chi connectivity index (χ2n) is 3.80. The molecule has 88 valence electrons. The number of nitrogens with zero attached hydrogens (tertiary/aromatic N) is 2. The van der Waals surface area contributed by atoms with Gasteiger partial charge >= 0.3 is 0 Å². The highest BCUT2D eigenvalue weighted by Gasteiger charge is 2.24. The van der Waals surface area contributed by atoms with E-state index in [2.05, 4.69) is 31.2 Å². The lowest BCUT2D eigenvalue weighted by Gasteiger charge is -2.15. The van der Waals surface area contributed by atoms with Gasteiger partial charge in [0.05, 0.1) is 11.4 Å². The summed E-state index contributed by atoms with van der Waals surface area (Å²) in [5.41, 5.74) is 0.731. The van der Waals surface area contributed by atoms with Gasteiger partial charge in [0, 0.05) is 11.8 Å². The number of hydrogen-bond acceptors (Lipinski definition) is 4. The minimum atomic E-state index is -0.659. The first-order chi connectivity index (χ1) is 7.32. The number of nitrogens with one attached hydrogen (secondary N) is 1. The Balaban J connectivity index is 2.89. The first-order valence-electron chi connectivity index (χ1n) is 4.73. The summed E-state index contributed by atoms with van der Waals surface area (Å²) in [5.74, 6) is 0.463. The molecule has 1 aromatic heterocycles. The molecule has 0 aliphatic rings. The van der Waals surface area contributed by atoms with E-state index in [0.717, 1.165) is 5.69 Å². The van der Waals surface area contributed by atoms with Crippen LogP contribution in [0, 0.1) is 6.92 Å². The molecule has 0 unspecified atom stereocenters. The van der Waals surface area contributed by atoms with Crippen molar-refractivity contribution in [1.29, 1.82) is 0 Å². The van der Waals surface area contributed by atoms with Crippen molar-refractivity contribution in [2.24, 2.45) is 0 Å². The number of anilines is 1. The number of carbonyl (C=O) groups is 1. The van der Waals surface area contributed by atoms with E-state index in [1.165, 1.54) is 7.11 Å². The molecule has 0 atom stereocenters. The molecule has 0 saturated heterocycles. The number of carbonyl (C=O) groups excluding carboxylic acids is 1. The van der Waals surface area contributed by atoms with Crippen LogP contribution in [-0.4, -0.2) is 27.3 Å². The summed E-state index contributed by atoms with van der Waals surface area (Å²) < 4.78 is 4.33. The van der Waals surface area contributed by atoms with Crippen molar-refractivity contribution in [2.75, 3.05) is 12.4 Å². The van der Waals surface area contributed by atoms with Crippen LogP contribution < -0.4 is 10.1 Å². The van der Waals surface area contributed by atoms with Gasteiger partial charge < -0.3 is 4.74 Å². The van der Waals surface area contributed by atoms with Crippen molar-refractivity contribution in [1.82, 2.24) is 9.97 Å². The molecule has 1 heterocycles. The molecule has 0 saturated carbocycles. The first kappa shape index (κ1) is 12.9. The summed E-state index contributed by atoms with van der Waals surface area (Å²) in [6, 6.07) is 1.69. The van der Waals surface area contributed by atoms with Gasteiger partial charge in [0.15, 0.2) is 0 Å². The molecule has 1 aromatic rings. The van der Waals surface area contributed by atoms with Crippen LogP contribution in [-0.2, 0) is 4.79 Å². The summed E-state index contributed by atoms with van der Waals surface area (Å²) in [5, 5.41) is 2.61. The summed E-state index contributed by atoms with van der Waals surface area (Å²) in [6.07, 6.45) is 0. The number of aryl methyl sites for hydroxylation is 1. The molecule has 6 heteroatoms. The van der Waals surface area contributed by atoms with Gasteiger partial charge in [-0.1, -0.05) is 15.9 Å². The van der Waals surface area contributed by atoms with Gasteiger partial charge in [-0.3, -0.25) is 10.1 Å². The molecule has 1 rings (SSSR count). The molecule has 0 spiro atoms. The van der Waals surface area contributed by atoms with Crippen LogP contribution in [0.5, 0.6) is 5.88 Å². The third kappa shape index (κ3) is 3.44. The second kappa shape index (κ2) is 4.78. The molecule has 1 N–H and O–H groups in total. The van der Waals surface area contributed by atoms with Gasteiger partial charge in [-0.25, -0.2) is 4.98 Å². The Bertz CT molecular complexity index is 402. The highest BCUT2D eigenvalue weighted by molar-refractivity contribution is 9.10. The number of aromatic nitrogens is 2. The maximum Gasteiger partial charge on any atom is 0.243 e. The van der Waals surface area contributed by atoms with Crippen LogP contribution in [0.25, 0.3) is 0 Å². The molecule has 0 fully saturated rings. The highest BCUT2D eigenvalue weighted by Crippen LogP contribution is 2.18. The van der Waals surface area contributed by atoms with E-state index in [4.69, 9.17) is 4.74 Å². The number of amides is 1. The molecule has 0 radical (unpaired) electrons. The zero-order valence-corrected chi connectivity index (χ0v) is 11.3. The highest BCUT2D eigenvalue weighted by atomic mass is 79.9. The van der Waals surface area contributed by atoms with Crippen LogP contribution in [0.1, 0.15) is 19.5 Å². The Kier molecular flexibility index (Phi) is 3.85. The lowest BCUT2D eigenvalue weighted by molar-refractivity contribution is -0.117. The lowest BCUT2D eigenvalue weighted by Crippen LogP contribution is -2.31. The van der Waals surface area contributed by atoms with E-state index < -0.39 is 4.32 Å². The van der Waals surface area contributed by atoms with Gasteiger partial charge in [0.2, 0.25) is 17.7 Å². The second-order valence-corrected chi connectivity index (χ2v) is 5.78. The van der Waals surface area contributed by atoms with Crippen molar-refractivity contribution in [3.05, 3.63) is 11.8 Å². The largest absolute Gasteiger partial charge is 0.481 e. The molecule has 1 amide bonds. The number of ether oxygens (including phenoxy) is 1. The fourth-order valence-corrected chi connectivity index (χ4v) is 1.05. The van der Waals surface area contributed by atoms with Crippen molar-refractivity contribution >= 4 is 27.8 Å². The zero-order valence-electron chi connectivity index (χ0n) is 9.67. The molecular weight excluding hydrogens is 274 g/mol. The van der Waals surface area contributed by atoms with Crippen LogP contribution in [0.2, 0.25) is 0 Å². The Labute approximate surface area is 103 Å². The van der Waals surface area contributed by atoms with Gasteiger partial charge in [0.25, 0.3) is 0 Å². The third-order valence-electron chi connectivity index (χ3n) is 1.81. The van der Waals surface area contributed by atoms with Gasteiger partial charge in [-0.15, -0.1) is 0 Å². The minimum Gasteiger partial charge on any atom is -0.481 e. The number of hydrogen-bond donors (Lipinski definition) is 1. The molecule has 5 nitrogen and oxygen atoms in total. The molecular formula is C10H14BrN3O2. The molecule has 0 aliphatic heterocycles. The number of alkyl halides is 1. The SMILES string of the molecule is COc1cc(C)nc(NC(=O)C(C)(C)Br)n1. The number of rotatable bonds is 3. The van der Waals surface area contributed by atoms with E-state index in [0.29, 0.717) is 5.88 Å². The van der Waals surface area contributed by atoms with E-state index in [1.807, 2.05) is 0 Å². The Hall–Kier alpha value is -1.17. The summed E-state index contributed by atoms with van der Waals surface area (Å²) >= 11 is 3.26. The van der Waals surface area contributed by atoms with Gasteiger partial charge in [-0.2, -0.15) is 4.98 Å². The van der Waals surface area contributed by atoms with Crippen LogP contribution in [0.3, 0.4) is 0 Å². The van der Waals surface area contributed by atoms with Crippen molar-refractivity contribution in [3.8, 4) is 5.88 Å². The van der Waals surface area contributed by atoms with Gasteiger partial charge in [0.1, 0.15) is 0 Å². The molecule has 0 bridgehead atoms. The Morgan fingerprint density at radius 3 is 2.62 bits per heavy atom. The van der Waals surface area contributed by atoms with Gasteiger partial charge in [-0.05, 0) is 20.8 Å². The third-order valence-corrected chi connectivity index (χ3v) is 2.17. The Morgan fingerprint density at radius 2 is 2.12 bits per heavy atom. The minimum absolute atomic E-state index is 0.208. The normalized spacial score (nSPS) is 11.1. The van der Waals surface area contributed by atoms with E-state index in [-0.39, 0.29) is 11.9 Å². The maximum absolute atomic E-state index is 11.7. The van der Waals surface area contributed by atoms with Crippen LogP contribution in [0.15, 0.2) is 6.07 Å². The average molecular weight is 288 g/mol. The summed E-state index contributed by atoms with van der Waals surface area (Å²) in [6.45, 7) is 5.30. The maximum atomic E-state index is 11.7. The molecule has 16 heavy (non-hydrogen) atoms. The monoisotopic (exact) mass is 287 g/mol. The average Bonchev–Trinajstić information content (AvgIpc) is 2.15. The lowest BCUT2D eigenvalue weighted by atomic mass is 10.2. The van der Waals surface area contributed by atoms with E-state index in [1.54, 1.807) is 26.8 Å². The first-order valence-corrected chi connectivity index (χ1v) is 5.52. The molecule has 0 aliphatic carbocycles. The van der Waals surface area contributed by atoms with E-state index in [9.17, 15) is 4.79 Å². The van der Waals surface area contributed by atoms with Crippen LogP contribution in [0.4, 0.5) is 5.95 Å². The predicted molar refractivity (Wildman–Crippen MR) is 65.0 cm³/mol. The van der Waals surface area contributed by atoms with E-state index >= 15 is 0 Å². The Morgan fingerprint density at radius 1 is 1.50 bits per heavy atom. The quantitative estimate of drug-likeness (QED) is 0.863. The summed E-state index contributed by atoms with van der Waals surface area (Å²) in [4.78, 5) is 19.8. The van der Waals surface area contributed by atoms with Crippen molar-refractivity contribution in [3.63, 3.8) is 0 Å². The summed E-state index contributed by atoms with van der Waals surface area (Å²) in [7, 11) is 1.52. The fraction of sp³-hybridized carbons (Fsp3) is 0.500. The van der Waals surface area contributed by atoms with Crippen molar-refractivity contribution < 1.29 is 9.53 Å². The standard InChI is InChI=1S/C10H14BrN3O2/c1-6-5-7(16-4)13-9(12-6)14-8(15)10(2,3)11/h5H,1-4H3,(H,12,13,14,15). The fourth-order valence-electron chi connectivity index (χ4n) is 0.950. The predicted octanol–water partition coefficient (Wildman–Crippen LogP) is 1.91. The zero-order chi connectivity index (χ0) is 12.3. The number of halogens is 1. The smallest absolute Gasteiger partial charge is 0.243 e. The van der Waals surface area contributed by atoms with Crippen molar-refractivity contribution in [2.45, 2.75) is 25.1 Å².